The minimum atomic E-state index is -0.538. The molecule has 1 heterocycles. The molecule has 0 bridgehead atoms. The molecule has 2 atom stereocenters. The molecule has 0 radical (unpaired) electrons. The first kappa shape index (κ1) is 18.7. The van der Waals surface area contributed by atoms with E-state index in [-0.39, 0.29) is 18.7 Å². The van der Waals surface area contributed by atoms with Crippen molar-refractivity contribution in [3.05, 3.63) is 35.9 Å². The second-order valence-electron chi connectivity index (χ2n) is 7.30. The maximum Gasteiger partial charge on any atom is 0.408 e. The van der Waals surface area contributed by atoms with Crippen molar-refractivity contribution in [2.75, 3.05) is 6.54 Å². The second-order valence-corrected chi connectivity index (χ2v) is 7.30. The maximum absolute atomic E-state index is 12.6. The lowest BCUT2D eigenvalue weighted by atomic mass is 9.84. The highest BCUT2D eigenvalue weighted by molar-refractivity contribution is 5.85. The van der Waals surface area contributed by atoms with Gasteiger partial charge in [0.05, 0.1) is 6.17 Å². The van der Waals surface area contributed by atoms with E-state index in [2.05, 4.69) is 16.0 Å². The predicted octanol–water partition coefficient (Wildman–Crippen LogP) is 2.69. The Bertz CT molecular complexity index is 583. The quantitative estimate of drug-likeness (QED) is 0.699. The largest absolute Gasteiger partial charge is 0.445 e. The van der Waals surface area contributed by atoms with E-state index >= 15 is 0 Å². The van der Waals surface area contributed by atoms with Crippen LogP contribution < -0.4 is 16.0 Å². The summed E-state index contributed by atoms with van der Waals surface area (Å²) in [6.45, 7) is 1.12. The van der Waals surface area contributed by atoms with Gasteiger partial charge in [-0.15, -0.1) is 0 Å². The first-order valence-corrected chi connectivity index (χ1v) is 9.71. The Morgan fingerprint density at radius 1 is 1.12 bits per heavy atom. The van der Waals surface area contributed by atoms with E-state index < -0.39 is 12.1 Å². The Balaban J connectivity index is 1.52. The molecule has 6 heteroatoms. The van der Waals surface area contributed by atoms with E-state index in [1.165, 1.54) is 19.3 Å². The van der Waals surface area contributed by atoms with Gasteiger partial charge in [-0.1, -0.05) is 62.4 Å². The van der Waals surface area contributed by atoms with Crippen molar-refractivity contribution >= 4 is 12.0 Å². The number of hydrogen-bond donors (Lipinski definition) is 3. The Morgan fingerprint density at radius 3 is 2.50 bits per heavy atom. The molecule has 26 heavy (non-hydrogen) atoms. The zero-order valence-corrected chi connectivity index (χ0v) is 15.2. The molecule has 142 valence electrons. The molecule has 0 spiro atoms. The highest BCUT2D eigenvalue weighted by Crippen LogP contribution is 2.27. The minimum Gasteiger partial charge on any atom is -0.445 e. The zero-order valence-electron chi connectivity index (χ0n) is 15.2. The number of alkyl carbamates (subject to hydrolysis) is 1. The van der Waals surface area contributed by atoms with Gasteiger partial charge >= 0.3 is 6.09 Å². The summed E-state index contributed by atoms with van der Waals surface area (Å²) < 4.78 is 5.30. The van der Waals surface area contributed by atoms with E-state index in [1.807, 2.05) is 30.3 Å². The number of nitrogens with one attached hydrogen (secondary N) is 3. The van der Waals surface area contributed by atoms with Crippen LogP contribution in [0, 0.1) is 5.92 Å². The van der Waals surface area contributed by atoms with Gasteiger partial charge in [0.1, 0.15) is 12.6 Å². The molecule has 1 aliphatic carbocycles. The van der Waals surface area contributed by atoms with Crippen molar-refractivity contribution in [3.63, 3.8) is 0 Å². The molecule has 2 amide bonds. The van der Waals surface area contributed by atoms with Crippen LogP contribution in [-0.2, 0) is 16.1 Å². The monoisotopic (exact) mass is 359 g/mol. The summed E-state index contributed by atoms with van der Waals surface area (Å²) in [6, 6.07) is 9.00. The molecule has 1 saturated heterocycles. The smallest absolute Gasteiger partial charge is 0.408 e. The average molecular weight is 359 g/mol. The second kappa shape index (κ2) is 9.57. The number of carbonyl (C=O) groups is 2. The summed E-state index contributed by atoms with van der Waals surface area (Å²) in [5, 5.41) is 8.91. The van der Waals surface area contributed by atoms with Crippen LogP contribution in [0.3, 0.4) is 0 Å². The fourth-order valence-corrected chi connectivity index (χ4v) is 3.58. The summed E-state index contributed by atoms with van der Waals surface area (Å²) in [5.74, 6) is 0.368. The third-order valence-electron chi connectivity index (χ3n) is 5.26. The number of ether oxygens (including phenoxy) is 1. The number of rotatable bonds is 7. The fourth-order valence-electron chi connectivity index (χ4n) is 3.58. The highest BCUT2D eigenvalue weighted by Gasteiger charge is 2.29. The Hall–Kier alpha value is -2.08. The zero-order chi connectivity index (χ0) is 18.2. The molecule has 1 unspecified atom stereocenters. The van der Waals surface area contributed by atoms with E-state index in [9.17, 15) is 9.59 Å². The number of benzene rings is 1. The topological polar surface area (TPSA) is 79.5 Å². The molecule has 2 fully saturated rings. The summed E-state index contributed by atoms with van der Waals surface area (Å²) in [6.07, 6.45) is 7.05. The van der Waals surface area contributed by atoms with Crippen LogP contribution in [0.15, 0.2) is 30.3 Å². The van der Waals surface area contributed by atoms with Crippen molar-refractivity contribution in [1.82, 2.24) is 16.0 Å². The molecule has 0 aromatic heterocycles. The Kier molecular flexibility index (Phi) is 6.89. The van der Waals surface area contributed by atoms with E-state index in [0.29, 0.717) is 12.3 Å². The maximum atomic E-state index is 12.6. The predicted molar refractivity (Wildman–Crippen MR) is 99.3 cm³/mol. The highest BCUT2D eigenvalue weighted by atomic mass is 16.5. The normalized spacial score (nSPS) is 21.3. The fraction of sp³-hybridized carbons (Fsp3) is 0.600. The van der Waals surface area contributed by atoms with Crippen LogP contribution in [-0.4, -0.2) is 30.8 Å². The molecule has 2 aliphatic rings. The molecule has 6 nitrogen and oxygen atoms in total. The van der Waals surface area contributed by atoms with E-state index in [1.54, 1.807) is 0 Å². The number of amides is 2. The summed E-state index contributed by atoms with van der Waals surface area (Å²) in [4.78, 5) is 24.8. The number of carbonyl (C=O) groups excluding carboxylic acids is 2. The van der Waals surface area contributed by atoms with Crippen LogP contribution in [0.5, 0.6) is 0 Å². The minimum absolute atomic E-state index is 0.0264. The third kappa shape index (κ3) is 5.73. The molecule has 1 aromatic rings. The molecule has 3 rings (SSSR count). The molecule has 3 N–H and O–H groups in total. The summed E-state index contributed by atoms with van der Waals surface area (Å²) in [7, 11) is 0. The Morgan fingerprint density at radius 2 is 1.85 bits per heavy atom. The Labute approximate surface area is 155 Å². The SMILES string of the molecule is O=C(N[C@@H](CC1CCCCC1)C(=O)NC1CCN1)OCc1ccccc1. The third-order valence-corrected chi connectivity index (χ3v) is 5.26. The lowest BCUT2D eigenvalue weighted by Gasteiger charge is -2.31. The van der Waals surface area contributed by atoms with Gasteiger partial charge in [-0.3, -0.25) is 10.1 Å². The molecule has 1 aromatic carbocycles. The van der Waals surface area contributed by atoms with E-state index in [4.69, 9.17) is 4.74 Å². The molecular formula is C20H29N3O3. The summed E-state index contributed by atoms with van der Waals surface area (Å²) in [5.41, 5.74) is 0.926. The van der Waals surface area contributed by atoms with Crippen molar-refractivity contribution in [2.24, 2.45) is 5.92 Å². The molecule has 1 aliphatic heterocycles. The lowest BCUT2D eigenvalue weighted by molar-refractivity contribution is -0.125. The van der Waals surface area contributed by atoms with Crippen LogP contribution in [0.1, 0.15) is 50.5 Å². The lowest BCUT2D eigenvalue weighted by Crippen LogP contribution is -2.59. The van der Waals surface area contributed by atoms with Crippen LogP contribution >= 0.6 is 0 Å². The van der Waals surface area contributed by atoms with Gasteiger partial charge in [-0.05, 0) is 24.3 Å². The van der Waals surface area contributed by atoms with Crippen LogP contribution in [0.4, 0.5) is 4.79 Å². The van der Waals surface area contributed by atoms with Crippen LogP contribution in [0.2, 0.25) is 0 Å². The van der Waals surface area contributed by atoms with Gasteiger partial charge < -0.3 is 15.4 Å². The molecular weight excluding hydrogens is 330 g/mol. The average Bonchev–Trinajstić information content (AvgIpc) is 2.64. The van der Waals surface area contributed by atoms with Crippen molar-refractivity contribution < 1.29 is 14.3 Å². The summed E-state index contributed by atoms with van der Waals surface area (Å²) >= 11 is 0. The standard InChI is InChI=1S/C20H29N3O3/c24-19(23-18-11-12-21-18)17(13-15-7-3-1-4-8-15)22-20(25)26-14-16-9-5-2-6-10-16/h2,5-6,9-10,15,17-18,21H,1,3-4,7-8,11-14H2,(H,22,25)(H,23,24)/t17-,18?/m0/s1. The van der Waals surface area contributed by atoms with Crippen molar-refractivity contribution in [3.8, 4) is 0 Å². The number of hydrogen-bond acceptors (Lipinski definition) is 4. The van der Waals surface area contributed by atoms with Crippen molar-refractivity contribution in [1.29, 1.82) is 0 Å². The first-order valence-electron chi connectivity index (χ1n) is 9.71. The van der Waals surface area contributed by atoms with Gasteiger partial charge in [0.25, 0.3) is 0 Å². The van der Waals surface area contributed by atoms with Gasteiger partial charge in [-0.25, -0.2) is 4.79 Å². The first-order chi connectivity index (χ1) is 12.7. The van der Waals surface area contributed by atoms with Crippen molar-refractivity contribution in [2.45, 2.75) is 63.8 Å². The van der Waals surface area contributed by atoms with Gasteiger partial charge in [0, 0.05) is 6.54 Å². The van der Waals surface area contributed by atoms with Gasteiger partial charge in [-0.2, -0.15) is 0 Å². The van der Waals surface area contributed by atoms with Gasteiger partial charge in [0.15, 0.2) is 0 Å². The molecule has 1 saturated carbocycles. The van der Waals surface area contributed by atoms with Gasteiger partial charge in [0.2, 0.25) is 5.91 Å². The van der Waals surface area contributed by atoms with Crippen LogP contribution in [0.25, 0.3) is 0 Å². The van der Waals surface area contributed by atoms with E-state index in [0.717, 1.165) is 31.4 Å².